The van der Waals surface area contributed by atoms with Crippen LogP contribution in [0.5, 0.6) is 0 Å². The summed E-state index contributed by atoms with van der Waals surface area (Å²) in [6, 6.07) is 13.1. The molecule has 198 valence electrons. The SMILES string of the molecule is CCCCC1(CCCC)CN(c2ccccc2)c2cc(SC)c(CNC(C)C(=O)O)cc2S(=O)(=O)C1. The summed E-state index contributed by atoms with van der Waals surface area (Å²) in [6.45, 7) is 6.85. The third-order valence-electron chi connectivity index (χ3n) is 7.14. The van der Waals surface area contributed by atoms with E-state index in [1.54, 1.807) is 24.8 Å². The van der Waals surface area contributed by atoms with Gasteiger partial charge in [-0.05, 0) is 55.9 Å². The Kier molecular flexibility index (Phi) is 9.89. The molecule has 1 heterocycles. The largest absolute Gasteiger partial charge is 0.480 e. The van der Waals surface area contributed by atoms with Gasteiger partial charge in [-0.25, -0.2) is 8.42 Å². The Bertz CT molecular complexity index is 1130. The standard InChI is InChI=1S/C28H40N2O4S2/c1-5-7-14-28(15-8-6-2)19-30(23-12-10-9-11-13-23)24-17-25(35-4)22(18-29-21(3)27(31)32)16-26(24)36(33,34)20-28/h9-13,16-17,21,29H,5-8,14-15,18-20H2,1-4H3,(H,31,32). The summed E-state index contributed by atoms with van der Waals surface area (Å²) in [7, 11) is -3.59. The van der Waals surface area contributed by atoms with Crippen molar-refractivity contribution in [3.05, 3.63) is 48.0 Å². The fraction of sp³-hybridized carbons (Fsp3) is 0.536. The third kappa shape index (κ3) is 6.64. The number of sulfone groups is 1. The summed E-state index contributed by atoms with van der Waals surface area (Å²) in [6.07, 6.45) is 7.77. The molecule has 1 atom stereocenters. The lowest BCUT2D eigenvalue weighted by molar-refractivity contribution is -0.139. The highest BCUT2D eigenvalue weighted by atomic mass is 32.2. The molecule has 0 spiro atoms. The average Bonchev–Trinajstić information content (AvgIpc) is 2.96. The number of carboxylic acid groups (broad SMARTS) is 1. The molecule has 0 bridgehead atoms. The molecule has 0 aromatic heterocycles. The number of para-hydroxylation sites is 1. The molecule has 0 saturated carbocycles. The van der Waals surface area contributed by atoms with Gasteiger partial charge in [0.25, 0.3) is 0 Å². The number of anilines is 2. The van der Waals surface area contributed by atoms with E-state index in [2.05, 4.69) is 36.2 Å². The number of carboxylic acids is 1. The number of rotatable bonds is 12. The molecule has 1 aliphatic heterocycles. The molecular formula is C28H40N2O4S2. The van der Waals surface area contributed by atoms with E-state index >= 15 is 0 Å². The van der Waals surface area contributed by atoms with Gasteiger partial charge in [0, 0.05) is 29.1 Å². The van der Waals surface area contributed by atoms with Gasteiger partial charge in [-0.15, -0.1) is 11.8 Å². The number of nitrogens with zero attached hydrogens (tertiary/aromatic N) is 1. The van der Waals surface area contributed by atoms with Gasteiger partial charge >= 0.3 is 5.97 Å². The van der Waals surface area contributed by atoms with Gasteiger partial charge in [0.1, 0.15) is 6.04 Å². The van der Waals surface area contributed by atoms with Crippen molar-refractivity contribution in [2.45, 2.75) is 81.7 Å². The van der Waals surface area contributed by atoms with Crippen molar-refractivity contribution >= 4 is 38.9 Å². The third-order valence-corrected chi connectivity index (χ3v) is 9.95. The lowest BCUT2D eigenvalue weighted by atomic mass is 9.79. The van der Waals surface area contributed by atoms with Gasteiger partial charge in [0.05, 0.1) is 16.3 Å². The number of benzene rings is 2. The van der Waals surface area contributed by atoms with Crippen LogP contribution in [-0.4, -0.2) is 44.1 Å². The lowest BCUT2D eigenvalue weighted by Gasteiger charge is -2.37. The first-order valence-electron chi connectivity index (χ1n) is 12.9. The minimum absolute atomic E-state index is 0.132. The topological polar surface area (TPSA) is 86.7 Å². The molecule has 0 fully saturated rings. The Balaban J connectivity index is 2.19. The predicted octanol–water partition coefficient (Wildman–Crippen LogP) is 6.26. The molecule has 2 aromatic rings. The fourth-order valence-electron chi connectivity index (χ4n) is 5.05. The molecule has 6 nitrogen and oxygen atoms in total. The molecular weight excluding hydrogens is 492 g/mol. The first kappa shape index (κ1) is 28.5. The predicted molar refractivity (Wildman–Crippen MR) is 149 cm³/mol. The normalized spacial score (nSPS) is 17.3. The highest BCUT2D eigenvalue weighted by molar-refractivity contribution is 7.98. The van der Waals surface area contributed by atoms with Gasteiger partial charge in [0.2, 0.25) is 0 Å². The lowest BCUT2D eigenvalue weighted by Crippen LogP contribution is -2.38. The van der Waals surface area contributed by atoms with Crippen LogP contribution in [0.1, 0.15) is 64.9 Å². The Labute approximate surface area is 220 Å². The molecule has 0 saturated heterocycles. The van der Waals surface area contributed by atoms with Crippen LogP contribution in [-0.2, 0) is 21.2 Å². The molecule has 1 unspecified atom stereocenters. The zero-order chi connectivity index (χ0) is 26.3. The van der Waals surface area contributed by atoms with E-state index in [0.717, 1.165) is 60.4 Å². The van der Waals surface area contributed by atoms with E-state index in [1.165, 1.54) is 0 Å². The smallest absolute Gasteiger partial charge is 0.320 e. The van der Waals surface area contributed by atoms with Crippen LogP contribution in [0, 0.1) is 5.41 Å². The highest BCUT2D eigenvalue weighted by Crippen LogP contribution is 2.46. The van der Waals surface area contributed by atoms with E-state index in [0.29, 0.717) is 11.4 Å². The number of aliphatic carboxylic acids is 1. The first-order valence-corrected chi connectivity index (χ1v) is 15.8. The zero-order valence-electron chi connectivity index (χ0n) is 21.9. The minimum atomic E-state index is -3.59. The van der Waals surface area contributed by atoms with Crippen LogP contribution in [0.4, 0.5) is 11.4 Å². The number of nitrogens with one attached hydrogen (secondary N) is 1. The Morgan fingerprint density at radius 3 is 2.33 bits per heavy atom. The molecule has 2 N–H and O–H groups in total. The van der Waals surface area contributed by atoms with Crippen LogP contribution in [0.25, 0.3) is 0 Å². The maximum absolute atomic E-state index is 14.1. The van der Waals surface area contributed by atoms with E-state index in [9.17, 15) is 18.3 Å². The van der Waals surface area contributed by atoms with E-state index in [-0.39, 0.29) is 17.7 Å². The first-order chi connectivity index (χ1) is 17.2. The van der Waals surface area contributed by atoms with E-state index < -0.39 is 21.8 Å². The van der Waals surface area contributed by atoms with Crippen molar-refractivity contribution in [1.29, 1.82) is 0 Å². The van der Waals surface area contributed by atoms with Gasteiger partial charge in [-0.3, -0.25) is 4.79 Å². The summed E-state index contributed by atoms with van der Waals surface area (Å²) < 4.78 is 28.1. The number of thioether (sulfide) groups is 1. The molecule has 2 aromatic carbocycles. The van der Waals surface area contributed by atoms with Crippen LogP contribution >= 0.6 is 11.8 Å². The molecule has 0 radical (unpaired) electrons. The maximum atomic E-state index is 14.1. The molecule has 8 heteroatoms. The highest BCUT2D eigenvalue weighted by Gasteiger charge is 2.42. The van der Waals surface area contributed by atoms with Crippen molar-refractivity contribution in [2.75, 3.05) is 23.5 Å². The quantitative estimate of drug-likeness (QED) is 0.312. The van der Waals surface area contributed by atoms with Crippen molar-refractivity contribution in [1.82, 2.24) is 5.32 Å². The van der Waals surface area contributed by atoms with Gasteiger partial charge < -0.3 is 15.3 Å². The average molecular weight is 533 g/mol. The number of fused-ring (bicyclic) bond motifs is 1. The van der Waals surface area contributed by atoms with Crippen molar-refractivity contribution in [2.24, 2.45) is 5.41 Å². The molecule has 1 aliphatic rings. The van der Waals surface area contributed by atoms with Crippen molar-refractivity contribution < 1.29 is 18.3 Å². The maximum Gasteiger partial charge on any atom is 0.320 e. The summed E-state index contributed by atoms with van der Waals surface area (Å²) in [5.41, 5.74) is 2.18. The number of hydrogen-bond donors (Lipinski definition) is 2. The second-order valence-electron chi connectivity index (χ2n) is 9.96. The van der Waals surface area contributed by atoms with Gasteiger partial charge in [0.15, 0.2) is 9.84 Å². The minimum Gasteiger partial charge on any atom is -0.480 e. The number of unbranched alkanes of at least 4 members (excludes halogenated alkanes) is 2. The second-order valence-corrected chi connectivity index (χ2v) is 12.8. The monoisotopic (exact) mass is 532 g/mol. The second kappa shape index (κ2) is 12.5. The molecule has 0 amide bonds. The molecule has 36 heavy (non-hydrogen) atoms. The Hall–Kier alpha value is -2.03. The van der Waals surface area contributed by atoms with E-state index in [4.69, 9.17) is 0 Å². The zero-order valence-corrected chi connectivity index (χ0v) is 23.6. The summed E-state index contributed by atoms with van der Waals surface area (Å²) in [4.78, 5) is 14.8. The van der Waals surface area contributed by atoms with E-state index in [1.807, 2.05) is 30.5 Å². The summed E-state index contributed by atoms with van der Waals surface area (Å²) in [5, 5.41) is 12.3. The molecule has 3 rings (SSSR count). The van der Waals surface area contributed by atoms with Crippen molar-refractivity contribution in [3.8, 4) is 0 Å². The van der Waals surface area contributed by atoms with Gasteiger partial charge in [-0.2, -0.15) is 0 Å². The fourth-order valence-corrected chi connectivity index (χ4v) is 7.82. The molecule has 0 aliphatic carbocycles. The van der Waals surface area contributed by atoms with Crippen LogP contribution < -0.4 is 10.2 Å². The summed E-state index contributed by atoms with van der Waals surface area (Å²) >= 11 is 1.55. The van der Waals surface area contributed by atoms with Crippen LogP contribution in [0.3, 0.4) is 0 Å². The number of hydrogen-bond acceptors (Lipinski definition) is 6. The Morgan fingerprint density at radius 1 is 1.14 bits per heavy atom. The van der Waals surface area contributed by atoms with Crippen molar-refractivity contribution in [3.63, 3.8) is 0 Å². The number of carbonyl (C=O) groups is 1. The summed E-state index contributed by atoms with van der Waals surface area (Å²) in [5.74, 6) is -0.803. The Morgan fingerprint density at radius 2 is 1.78 bits per heavy atom. The van der Waals surface area contributed by atoms with Crippen LogP contribution in [0.15, 0.2) is 52.3 Å². The van der Waals surface area contributed by atoms with Gasteiger partial charge in [-0.1, -0.05) is 57.7 Å². The van der Waals surface area contributed by atoms with Crippen LogP contribution in [0.2, 0.25) is 0 Å².